The van der Waals surface area contributed by atoms with E-state index in [0.717, 1.165) is 5.69 Å². The summed E-state index contributed by atoms with van der Waals surface area (Å²) in [6, 6.07) is 0.165. The lowest BCUT2D eigenvalue weighted by molar-refractivity contribution is 0.102. The van der Waals surface area contributed by atoms with Crippen LogP contribution in [0.15, 0.2) is 15.5 Å². The molecule has 0 bridgehead atoms. The molecule has 3 aromatic heterocycles. The van der Waals surface area contributed by atoms with Crippen LogP contribution in [0.4, 0.5) is 5.69 Å². The number of hydrogen-bond donors (Lipinski definition) is 1. The fraction of sp³-hybridized carbons (Fsp3) is 0.474. The maximum atomic E-state index is 13.1. The molecule has 1 N–H and O–H groups in total. The van der Waals surface area contributed by atoms with Crippen LogP contribution < -0.4 is 10.9 Å². The Kier molecular flexibility index (Phi) is 5.37. The molecule has 0 spiro atoms. The molecule has 0 saturated carbocycles. The normalized spacial score (nSPS) is 11.5. The van der Waals surface area contributed by atoms with Crippen LogP contribution in [-0.4, -0.2) is 39.0 Å². The number of aryl methyl sites for hydroxylation is 2. The monoisotopic (exact) mass is 387 g/mol. The molecule has 0 radical (unpaired) electrons. The van der Waals surface area contributed by atoms with Crippen molar-refractivity contribution in [1.29, 1.82) is 0 Å². The Bertz CT molecular complexity index is 1090. The van der Waals surface area contributed by atoms with Gasteiger partial charge in [0.2, 0.25) is 5.71 Å². The highest BCUT2D eigenvalue weighted by Crippen LogP contribution is 2.26. The van der Waals surface area contributed by atoms with Gasteiger partial charge >= 0.3 is 0 Å². The van der Waals surface area contributed by atoms with Crippen molar-refractivity contribution in [3.05, 3.63) is 39.4 Å². The van der Waals surface area contributed by atoms with Crippen LogP contribution in [-0.2, 0) is 11.3 Å². The van der Waals surface area contributed by atoms with E-state index in [0.29, 0.717) is 30.3 Å². The number of nitrogens with one attached hydrogen (secondary N) is 1. The van der Waals surface area contributed by atoms with Crippen LogP contribution in [0.5, 0.6) is 0 Å². The number of rotatable bonds is 6. The molecule has 9 heteroatoms. The highest BCUT2D eigenvalue weighted by molar-refractivity contribution is 6.13. The highest BCUT2D eigenvalue weighted by Gasteiger charge is 2.25. The van der Waals surface area contributed by atoms with Crippen LogP contribution in [0.3, 0.4) is 0 Å². The molecule has 3 heterocycles. The number of furan rings is 1. The van der Waals surface area contributed by atoms with Crippen molar-refractivity contribution in [1.82, 2.24) is 19.3 Å². The van der Waals surface area contributed by atoms with E-state index in [1.165, 1.54) is 10.9 Å². The van der Waals surface area contributed by atoms with E-state index >= 15 is 0 Å². The first-order valence-corrected chi connectivity index (χ1v) is 9.10. The van der Waals surface area contributed by atoms with Crippen molar-refractivity contribution in [2.75, 3.05) is 19.0 Å². The molecule has 0 fully saturated rings. The zero-order valence-electron chi connectivity index (χ0n) is 17.0. The van der Waals surface area contributed by atoms with Crippen molar-refractivity contribution in [3.63, 3.8) is 0 Å². The molecule has 3 aromatic rings. The molecule has 0 aliphatic heterocycles. The SMILES string of the molecule is COCCn1cnc2oc(C)c(C(=O)Nc3c(C)nn(C(C)C)c3C)c2c1=O. The molecule has 0 unspecified atom stereocenters. The van der Waals surface area contributed by atoms with Gasteiger partial charge in [-0.05, 0) is 34.6 Å². The summed E-state index contributed by atoms with van der Waals surface area (Å²) in [6.07, 6.45) is 1.40. The predicted octanol–water partition coefficient (Wildman–Crippen LogP) is 2.59. The van der Waals surface area contributed by atoms with Crippen LogP contribution in [0.25, 0.3) is 11.1 Å². The maximum absolute atomic E-state index is 13.1. The molecule has 3 rings (SSSR count). The van der Waals surface area contributed by atoms with E-state index in [1.54, 1.807) is 14.0 Å². The lowest BCUT2D eigenvalue weighted by Crippen LogP contribution is -2.24. The van der Waals surface area contributed by atoms with Gasteiger partial charge in [0.15, 0.2) is 0 Å². The summed E-state index contributed by atoms with van der Waals surface area (Å²) < 4.78 is 13.8. The fourth-order valence-electron chi connectivity index (χ4n) is 3.28. The van der Waals surface area contributed by atoms with Gasteiger partial charge in [-0.1, -0.05) is 0 Å². The quantitative estimate of drug-likeness (QED) is 0.697. The lowest BCUT2D eigenvalue weighted by Gasteiger charge is -2.09. The van der Waals surface area contributed by atoms with Crippen LogP contribution in [0.1, 0.15) is 47.4 Å². The Hall–Kier alpha value is -2.94. The van der Waals surface area contributed by atoms with Gasteiger partial charge < -0.3 is 14.5 Å². The van der Waals surface area contributed by atoms with Crippen molar-refractivity contribution < 1.29 is 13.9 Å². The zero-order valence-corrected chi connectivity index (χ0v) is 17.0. The van der Waals surface area contributed by atoms with Crippen LogP contribution in [0, 0.1) is 20.8 Å². The van der Waals surface area contributed by atoms with Crippen molar-refractivity contribution >= 4 is 22.7 Å². The second-order valence-corrected chi connectivity index (χ2v) is 6.99. The fourth-order valence-corrected chi connectivity index (χ4v) is 3.28. The van der Waals surface area contributed by atoms with Crippen molar-refractivity contribution in [2.45, 2.75) is 47.2 Å². The summed E-state index contributed by atoms with van der Waals surface area (Å²) in [5.74, 6) is -0.0812. The largest absolute Gasteiger partial charge is 0.442 e. The summed E-state index contributed by atoms with van der Waals surface area (Å²) >= 11 is 0. The number of aromatic nitrogens is 4. The minimum atomic E-state index is -0.422. The molecule has 0 aliphatic carbocycles. The number of ether oxygens (including phenoxy) is 1. The van der Waals surface area contributed by atoms with Gasteiger partial charge in [-0.2, -0.15) is 5.10 Å². The van der Waals surface area contributed by atoms with Gasteiger partial charge in [-0.25, -0.2) is 4.98 Å². The van der Waals surface area contributed by atoms with Crippen molar-refractivity contribution in [2.24, 2.45) is 0 Å². The van der Waals surface area contributed by atoms with Gasteiger partial charge in [0.05, 0.1) is 35.8 Å². The maximum Gasteiger partial charge on any atom is 0.265 e. The molecular formula is C19H25N5O4. The number of carbonyl (C=O) groups excluding carboxylic acids is 1. The Morgan fingerprint density at radius 1 is 1.32 bits per heavy atom. The van der Waals surface area contributed by atoms with E-state index in [1.807, 2.05) is 32.4 Å². The van der Waals surface area contributed by atoms with Crippen LogP contribution in [0.2, 0.25) is 0 Å². The Morgan fingerprint density at radius 3 is 2.64 bits per heavy atom. The number of hydrogen-bond acceptors (Lipinski definition) is 6. The summed E-state index contributed by atoms with van der Waals surface area (Å²) in [5.41, 5.74) is 2.19. The first kappa shape index (κ1) is 19.8. The zero-order chi connectivity index (χ0) is 20.6. The molecule has 0 aliphatic rings. The smallest absolute Gasteiger partial charge is 0.265 e. The number of fused-ring (bicyclic) bond motifs is 1. The van der Waals surface area contributed by atoms with Gasteiger partial charge in [-0.3, -0.25) is 18.8 Å². The third-order valence-corrected chi connectivity index (χ3v) is 4.67. The molecule has 1 amide bonds. The highest BCUT2D eigenvalue weighted by atomic mass is 16.5. The standard InChI is InChI=1S/C19H25N5O4/c1-10(2)24-12(4)16(11(3)22-24)21-17(25)14-13(5)28-18-15(14)19(26)23(9-20-18)7-8-27-6/h9-10H,7-8H2,1-6H3,(H,21,25). The molecule has 150 valence electrons. The number of nitrogens with zero attached hydrogens (tertiary/aromatic N) is 4. The number of methoxy groups -OCH3 is 1. The summed E-state index contributed by atoms with van der Waals surface area (Å²) in [4.78, 5) is 30.1. The van der Waals surface area contributed by atoms with E-state index in [2.05, 4.69) is 15.4 Å². The molecular weight excluding hydrogens is 362 g/mol. The summed E-state index contributed by atoms with van der Waals surface area (Å²) in [5, 5.41) is 7.54. The Balaban J connectivity index is 2.05. The Morgan fingerprint density at radius 2 is 2.04 bits per heavy atom. The second-order valence-electron chi connectivity index (χ2n) is 6.99. The van der Waals surface area contributed by atoms with Gasteiger partial charge in [0, 0.05) is 13.2 Å². The third-order valence-electron chi connectivity index (χ3n) is 4.67. The van der Waals surface area contributed by atoms with Crippen LogP contribution >= 0.6 is 0 Å². The topological polar surface area (TPSA) is 104 Å². The molecule has 0 saturated heterocycles. The minimum Gasteiger partial charge on any atom is -0.442 e. The molecule has 0 atom stereocenters. The first-order chi connectivity index (χ1) is 13.3. The van der Waals surface area contributed by atoms with Gasteiger partial charge in [0.1, 0.15) is 17.5 Å². The third kappa shape index (κ3) is 3.33. The molecule has 28 heavy (non-hydrogen) atoms. The van der Waals surface area contributed by atoms with E-state index < -0.39 is 5.91 Å². The number of carbonyl (C=O) groups is 1. The Labute approximate surface area is 162 Å². The van der Waals surface area contributed by atoms with Gasteiger partial charge in [0.25, 0.3) is 11.5 Å². The number of anilines is 1. The second kappa shape index (κ2) is 7.59. The van der Waals surface area contributed by atoms with E-state index in [9.17, 15) is 9.59 Å². The average molecular weight is 387 g/mol. The summed E-state index contributed by atoms with van der Waals surface area (Å²) in [6.45, 7) is 10.1. The number of amides is 1. The lowest BCUT2D eigenvalue weighted by atomic mass is 10.1. The van der Waals surface area contributed by atoms with E-state index in [4.69, 9.17) is 9.15 Å². The predicted molar refractivity (Wildman–Crippen MR) is 105 cm³/mol. The van der Waals surface area contributed by atoms with Crippen molar-refractivity contribution in [3.8, 4) is 0 Å². The first-order valence-electron chi connectivity index (χ1n) is 9.10. The molecule has 9 nitrogen and oxygen atoms in total. The minimum absolute atomic E-state index is 0.146. The van der Waals surface area contributed by atoms with Gasteiger partial charge in [-0.15, -0.1) is 0 Å². The van der Waals surface area contributed by atoms with E-state index in [-0.39, 0.29) is 28.3 Å². The average Bonchev–Trinajstić information content (AvgIpc) is 3.12. The molecule has 0 aromatic carbocycles. The summed E-state index contributed by atoms with van der Waals surface area (Å²) in [7, 11) is 1.56.